The lowest BCUT2D eigenvalue weighted by Crippen LogP contribution is -2.41. The summed E-state index contributed by atoms with van der Waals surface area (Å²) in [6.07, 6.45) is -4.79. The molecule has 0 bridgehead atoms. The van der Waals surface area contributed by atoms with Gasteiger partial charge >= 0.3 is 7.12 Å². The summed E-state index contributed by atoms with van der Waals surface area (Å²) in [5.41, 5.74) is -1.87. The minimum absolute atomic E-state index is 0.236. The minimum Gasteiger partial charge on any atom is -0.492 e. The van der Waals surface area contributed by atoms with Gasteiger partial charge in [0.2, 0.25) is 0 Å². The van der Waals surface area contributed by atoms with E-state index >= 15 is 0 Å². The highest BCUT2D eigenvalue weighted by atomic mass is 16.7. The first-order valence-electron chi connectivity index (χ1n) is 10.8. The molecular formula is C14H22BNO3. The molecule has 4 nitrogen and oxygen atoms in total. The van der Waals surface area contributed by atoms with E-state index in [1.54, 1.807) is 27.7 Å². The number of hydrogen-bond donors (Lipinski definition) is 0. The summed E-state index contributed by atoms with van der Waals surface area (Å²) in [7, 11) is -1.24. The Morgan fingerprint density at radius 1 is 1.37 bits per heavy atom. The van der Waals surface area contributed by atoms with E-state index in [1.807, 2.05) is 0 Å². The van der Waals surface area contributed by atoms with Crippen molar-refractivity contribution in [3.8, 4) is 5.75 Å². The highest BCUT2D eigenvalue weighted by molar-refractivity contribution is 6.62. The molecule has 1 aliphatic rings. The van der Waals surface area contributed by atoms with Crippen LogP contribution >= 0.6 is 0 Å². The monoisotopic (exact) mass is 273 g/mol. The molecular weight excluding hydrogens is 241 g/mol. The third-order valence-corrected chi connectivity index (χ3v) is 3.28. The van der Waals surface area contributed by atoms with E-state index in [9.17, 15) is 0 Å². The molecule has 0 aliphatic carbocycles. The van der Waals surface area contributed by atoms with Crippen LogP contribution in [-0.2, 0) is 9.31 Å². The molecule has 0 N–H and O–H groups in total. The lowest BCUT2D eigenvalue weighted by atomic mass is 9.80. The molecule has 1 aromatic heterocycles. The zero-order valence-electron chi connectivity index (χ0n) is 21.2. The molecule has 2 heterocycles. The van der Waals surface area contributed by atoms with Crippen LogP contribution in [0.4, 0.5) is 0 Å². The molecule has 0 atom stereocenters. The zero-order valence-corrected chi connectivity index (χ0v) is 11.2. The number of hydrogen-bond acceptors (Lipinski definition) is 4. The second kappa shape index (κ2) is 5.14. The van der Waals surface area contributed by atoms with E-state index in [0.29, 0.717) is 0 Å². The van der Waals surface area contributed by atoms with Gasteiger partial charge in [0.05, 0.1) is 30.8 Å². The Bertz CT molecular complexity index is 796. The first kappa shape index (κ1) is 6.14. The predicted molar refractivity (Wildman–Crippen MR) is 75.7 cm³/mol. The van der Waals surface area contributed by atoms with Crippen molar-refractivity contribution in [2.24, 2.45) is 0 Å². The number of ether oxygens (including phenoxy) is 1. The molecule has 104 valence electrons. The van der Waals surface area contributed by atoms with E-state index in [-0.39, 0.29) is 5.46 Å². The van der Waals surface area contributed by atoms with Gasteiger partial charge in [-0.3, -0.25) is 4.98 Å². The van der Waals surface area contributed by atoms with Gasteiger partial charge in [-0.1, -0.05) is 6.85 Å². The van der Waals surface area contributed by atoms with E-state index in [1.165, 1.54) is 0 Å². The Kier molecular flexibility index (Phi) is 1.66. The topological polar surface area (TPSA) is 40.6 Å². The van der Waals surface area contributed by atoms with Gasteiger partial charge in [0.25, 0.3) is 0 Å². The second-order valence-corrected chi connectivity index (χ2v) is 5.12. The third-order valence-electron chi connectivity index (χ3n) is 3.28. The predicted octanol–water partition coefficient (Wildman–Crippen LogP) is 2.17. The summed E-state index contributed by atoms with van der Waals surface area (Å²) in [5, 5.41) is 0. The van der Waals surface area contributed by atoms with Crippen LogP contribution in [0.15, 0.2) is 18.4 Å². The number of aromatic nitrogens is 1. The first-order chi connectivity index (χ1) is 12.8. The molecule has 0 unspecified atom stereocenters. The maximum Gasteiger partial charge on any atom is 0.496 e. The third kappa shape index (κ3) is 2.93. The van der Waals surface area contributed by atoms with E-state index in [4.69, 9.17) is 27.8 Å². The summed E-state index contributed by atoms with van der Waals surface area (Å²) in [6, 6.07) is -0.668. The maximum atomic E-state index is 8.30. The molecule has 2 rings (SSSR count). The number of rotatable bonds is 4. The van der Waals surface area contributed by atoms with E-state index in [2.05, 4.69) is 4.98 Å². The van der Waals surface area contributed by atoms with Crippen LogP contribution in [0, 0.1) is 0 Å². The summed E-state index contributed by atoms with van der Waals surface area (Å²) in [5.74, 6) is -0.816. The molecule has 5 heteroatoms. The van der Waals surface area contributed by atoms with Gasteiger partial charge in [-0.25, -0.2) is 0 Å². The summed E-state index contributed by atoms with van der Waals surface area (Å²) in [6.45, 7) is 0.169. The Balaban J connectivity index is 2.53. The van der Waals surface area contributed by atoms with Gasteiger partial charge in [0.15, 0.2) is 0 Å². The average Bonchev–Trinajstić information content (AvgIpc) is 2.69. The zero-order chi connectivity index (χ0) is 22.8. The molecule has 1 fully saturated rings. The Morgan fingerprint density at radius 2 is 2.05 bits per heavy atom. The molecule has 0 saturated carbocycles. The molecule has 0 amide bonds. The summed E-state index contributed by atoms with van der Waals surface area (Å²) < 4.78 is 93.0. The lowest BCUT2D eigenvalue weighted by Gasteiger charge is -2.32. The second-order valence-electron chi connectivity index (χ2n) is 5.12. The first-order valence-corrected chi connectivity index (χ1v) is 5.77. The maximum absolute atomic E-state index is 8.30. The minimum atomic E-state index is -3.46. The molecule has 19 heavy (non-hydrogen) atoms. The molecule has 1 aliphatic heterocycles. The van der Waals surface area contributed by atoms with E-state index in [0.717, 1.165) is 0 Å². The largest absolute Gasteiger partial charge is 0.496 e. The van der Waals surface area contributed by atoms with Gasteiger partial charge in [-0.15, -0.1) is 0 Å². The fourth-order valence-electron chi connectivity index (χ4n) is 1.51. The van der Waals surface area contributed by atoms with Gasteiger partial charge in [-0.05, 0) is 40.1 Å². The summed E-state index contributed by atoms with van der Waals surface area (Å²) >= 11 is 0. The van der Waals surface area contributed by atoms with E-state index < -0.39 is 62.2 Å². The standard InChI is InChI=1S/C14H22BNO3/c1-6-7-17-12-8-11(9-16-10-12)15-18-13(2,3)14(4,5)19-15/h8-10H,6-7H2,1-5H3/i1D3,6D2,7D2,8D,9D,10D. The van der Waals surface area contributed by atoms with Crippen LogP contribution in [0.1, 0.15) is 54.6 Å². The summed E-state index contributed by atoms with van der Waals surface area (Å²) in [4.78, 5) is 3.60. The van der Waals surface area contributed by atoms with Gasteiger partial charge < -0.3 is 14.0 Å². The van der Waals surface area contributed by atoms with Crippen molar-refractivity contribution < 1.29 is 27.8 Å². The van der Waals surface area contributed by atoms with Crippen molar-refractivity contribution in [3.05, 3.63) is 18.4 Å². The molecule has 0 spiro atoms. The van der Waals surface area contributed by atoms with Crippen LogP contribution in [-0.4, -0.2) is 29.9 Å². The Hall–Kier alpha value is -1.07. The molecule has 1 saturated heterocycles. The van der Waals surface area contributed by atoms with Crippen molar-refractivity contribution in [2.75, 3.05) is 6.56 Å². The van der Waals surface area contributed by atoms with Crippen molar-refractivity contribution in [1.82, 2.24) is 4.98 Å². The number of nitrogens with zero attached hydrogens (tertiary/aromatic N) is 1. The fourth-order valence-corrected chi connectivity index (χ4v) is 1.51. The van der Waals surface area contributed by atoms with Crippen molar-refractivity contribution in [1.29, 1.82) is 0 Å². The fraction of sp³-hybridized carbons (Fsp3) is 0.643. The highest BCUT2D eigenvalue weighted by Crippen LogP contribution is 2.36. The Labute approximate surface area is 129 Å². The van der Waals surface area contributed by atoms with Crippen molar-refractivity contribution in [2.45, 2.75) is 52.1 Å². The van der Waals surface area contributed by atoms with Gasteiger partial charge in [0, 0.05) is 18.5 Å². The lowest BCUT2D eigenvalue weighted by molar-refractivity contribution is 0.00578. The molecule has 0 aromatic carbocycles. The van der Waals surface area contributed by atoms with Gasteiger partial charge in [0.1, 0.15) is 5.75 Å². The van der Waals surface area contributed by atoms with Crippen molar-refractivity contribution in [3.63, 3.8) is 0 Å². The van der Waals surface area contributed by atoms with Crippen LogP contribution < -0.4 is 10.2 Å². The van der Waals surface area contributed by atoms with Crippen molar-refractivity contribution >= 4 is 12.6 Å². The van der Waals surface area contributed by atoms with Gasteiger partial charge in [-0.2, -0.15) is 0 Å². The molecule has 1 aromatic rings. The highest BCUT2D eigenvalue weighted by Gasteiger charge is 2.51. The Morgan fingerprint density at radius 3 is 2.68 bits per heavy atom. The van der Waals surface area contributed by atoms with Crippen LogP contribution in [0.25, 0.3) is 0 Å². The number of pyridine rings is 1. The normalized spacial score (nSPS) is 30.4. The quantitative estimate of drug-likeness (QED) is 0.788. The average molecular weight is 273 g/mol. The molecule has 0 radical (unpaired) electrons. The smallest absolute Gasteiger partial charge is 0.492 e. The van der Waals surface area contributed by atoms with Crippen LogP contribution in [0.2, 0.25) is 0 Å². The van der Waals surface area contributed by atoms with Crippen LogP contribution in [0.3, 0.4) is 0 Å². The van der Waals surface area contributed by atoms with Crippen LogP contribution in [0.5, 0.6) is 5.75 Å². The SMILES string of the molecule is [2H]c1nc([2H])c(B2OC(C)(C)C(C)(C)O2)c([2H])c1OC([2H])([2H])C([2H])([2H])C([2H])([2H])[2H].